The van der Waals surface area contributed by atoms with Crippen LogP contribution in [0.3, 0.4) is 0 Å². The van der Waals surface area contributed by atoms with Crippen molar-refractivity contribution in [3.8, 4) is 0 Å². The number of fused-ring (bicyclic) bond motifs is 1. The molecule has 1 unspecified atom stereocenters. The fraction of sp³-hybridized carbons (Fsp3) is 0.471. The van der Waals surface area contributed by atoms with Crippen molar-refractivity contribution in [3.63, 3.8) is 0 Å². The summed E-state index contributed by atoms with van der Waals surface area (Å²) in [5.74, 6) is 0.610. The lowest BCUT2D eigenvalue weighted by Crippen LogP contribution is -2.38. The summed E-state index contributed by atoms with van der Waals surface area (Å²) in [6.45, 7) is 5.84. The second-order valence-electron chi connectivity index (χ2n) is 5.99. The number of aryl methyl sites for hydroxylation is 1. The summed E-state index contributed by atoms with van der Waals surface area (Å²) >= 11 is 6.55. The molecule has 3 nitrogen and oxygen atoms in total. The molecule has 0 bridgehead atoms. The summed E-state index contributed by atoms with van der Waals surface area (Å²) in [5.41, 5.74) is 8.97. The molecule has 0 radical (unpaired) electrons. The van der Waals surface area contributed by atoms with E-state index in [1.54, 1.807) is 0 Å². The van der Waals surface area contributed by atoms with Crippen LogP contribution in [0.1, 0.15) is 24.1 Å². The Kier molecular flexibility index (Phi) is 4.43. The molecule has 4 heteroatoms. The minimum absolute atomic E-state index is 0.610. The van der Waals surface area contributed by atoms with Crippen LogP contribution in [-0.4, -0.2) is 29.5 Å². The third-order valence-electron chi connectivity index (χ3n) is 4.46. The molecular weight excluding hydrogens is 282 g/mol. The van der Waals surface area contributed by atoms with Gasteiger partial charge in [0.25, 0.3) is 0 Å². The van der Waals surface area contributed by atoms with Crippen LogP contribution in [0.15, 0.2) is 24.3 Å². The van der Waals surface area contributed by atoms with E-state index < -0.39 is 0 Å². The van der Waals surface area contributed by atoms with Crippen LogP contribution in [0.5, 0.6) is 0 Å². The highest BCUT2D eigenvalue weighted by atomic mass is 35.5. The lowest BCUT2D eigenvalue weighted by molar-refractivity contribution is 0.169. The Labute approximate surface area is 131 Å². The van der Waals surface area contributed by atoms with Gasteiger partial charge in [-0.3, -0.25) is 4.90 Å². The Morgan fingerprint density at radius 1 is 1.38 bits per heavy atom. The highest BCUT2D eigenvalue weighted by molar-refractivity contribution is 6.32. The molecule has 0 saturated carbocycles. The molecule has 0 amide bonds. The van der Waals surface area contributed by atoms with E-state index in [4.69, 9.17) is 22.3 Å². The van der Waals surface area contributed by atoms with Crippen LogP contribution in [-0.2, 0) is 6.54 Å². The number of hydrogen-bond donors (Lipinski definition) is 1. The second kappa shape index (κ2) is 6.30. The first-order chi connectivity index (χ1) is 10.2. The molecule has 3 rings (SSSR count). The normalized spacial score (nSPS) is 20.0. The first-order valence-electron chi connectivity index (χ1n) is 7.65. The number of para-hydroxylation sites is 1. The lowest BCUT2D eigenvalue weighted by atomic mass is 9.98. The zero-order valence-corrected chi connectivity index (χ0v) is 13.2. The van der Waals surface area contributed by atoms with Gasteiger partial charge >= 0.3 is 0 Å². The summed E-state index contributed by atoms with van der Waals surface area (Å²) < 4.78 is 0. The van der Waals surface area contributed by atoms with E-state index >= 15 is 0 Å². The minimum atomic E-state index is 0.610. The molecule has 1 atom stereocenters. The number of piperidine rings is 1. The summed E-state index contributed by atoms with van der Waals surface area (Å²) in [7, 11) is 0. The fourth-order valence-corrected chi connectivity index (χ4v) is 3.43. The van der Waals surface area contributed by atoms with Crippen molar-refractivity contribution in [2.45, 2.75) is 26.3 Å². The Bertz CT molecular complexity index is 641. The number of nitrogens with zero attached hydrogens (tertiary/aromatic N) is 2. The van der Waals surface area contributed by atoms with E-state index in [-0.39, 0.29) is 0 Å². The number of aromatic nitrogens is 1. The molecule has 0 aliphatic carbocycles. The first kappa shape index (κ1) is 14.8. The van der Waals surface area contributed by atoms with Gasteiger partial charge in [-0.1, -0.05) is 29.8 Å². The molecule has 1 aliphatic heterocycles. The molecule has 2 aromatic rings. The monoisotopic (exact) mass is 303 g/mol. The van der Waals surface area contributed by atoms with E-state index in [1.807, 2.05) is 12.1 Å². The maximum atomic E-state index is 6.55. The van der Waals surface area contributed by atoms with Gasteiger partial charge in [-0.25, -0.2) is 4.98 Å². The fourth-order valence-electron chi connectivity index (χ4n) is 3.22. The van der Waals surface area contributed by atoms with Crippen LogP contribution in [0.2, 0.25) is 5.02 Å². The maximum absolute atomic E-state index is 6.55. The predicted octanol–water partition coefficient (Wildman–Crippen LogP) is 3.37. The van der Waals surface area contributed by atoms with E-state index in [1.165, 1.54) is 12.8 Å². The zero-order valence-electron chi connectivity index (χ0n) is 12.5. The van der Waals surface area contributed by atoms with E-state index in [2.05, 4.69) is 24.0 Å². The van der Waals surface area contributed by atoms with Crippen LogP contribution in [0, 0.1) is 12.8 Å². The number of nitrogens with two attached hydrogens (primary N) is 1. The van der Waals surface area contributed by atoms with Gasteiger partial charge in [-0.05, 0) is 50.4 Å². The number of benzene rings is 1. The van der Waals surface area contributed by atoms with Gasteiger partial charge in [0.05, 0.1) is 16.2 Å². The SMILES string of the molecule is Cc1c(Cl)c(CN2CCCC(CN)C2)nc2ccccc12. The number of rotatable bonds is 3. The topological polar surface area (TPSA) is 42.1 Å². The van der Waals surface area contributed by atoms with Crippen LogP contribution < -0.4 is 5.73 Å². The van der Waals surface area contributed by atoms with Crippen LogP contribution >= 0.6 is 11.6 Å². The Balaban J connectivity index is 1.88. The lowest BCUT2D eigenvalue weighted by Gasteiger charge is -2.32. The van der Waals surface area contributed by atoms with Crippen LogP contribution in [0.25, 0.3) is 10.9 Å². The van der Waals surface area contributed by atoms with Gasteiger partial charge in [-0.2, -0.15) is 0 Å². The van der Waals surface area contributed by atoms with Gasteiger partial charge in [0.2, 0.25) is 0 Å². The smallest absolute Gasteiger partial charge is 0.0740 e. The molecule has 21 heavy (non-hydrogen) atoms. The van der Waals surface area contributed by atoms with Crippen molar-refractivity contribution in [2.75, 3.05) is 19.6 Å². The zero-order chi connectivity index (χ0) is 14.8. The van der Waals surface area contributed by atoms with Gasteiger partial charge in [0.1, 0.15) is 0 Å². The van der Waals surface area contributed by atoms with Crippen molar-refractivity contribution in [1.82, 2.24) is 9.88 Å². The molecule has 1 aromatic heterocycles. The molecule has 0 spiro atoms. The number of pyridine rings is 1. The number of likely N-dealkylation sites (tertiary alicyclic amines) is 1. The van der Waals surface area contributed by atoms with Gasteiger partial charge in [0.15, 0.2) is 0 Å². The van der Waals surface area contributed by atoms with Crippen molar-refractivity contribution < 1.29 is 0 Å². The molecule has 112 valence electrons. The Morgan fingerprint density at radius 3 is 3.00 bits per heavy atom. The quantitative estimate of drug-likeness (QED) is 0.945. The highest BCUT2D eigenvalue weighted by Crippen LogP contribution is 2.28. The van der Waals surface area contributed by atoms with Crippen molar-refractivity contribution in [2.24, 2.45) is 11.7 Å². The average Bonchev–Trinajstić information content (AvgIpc) is 2.52. The summed E-state index contributed by atoms with van der Waals surface area (Å²) in [5, 5.41) is 1.95. The second-order valence-corrected chi connectivity index (χ2v) is 6.37. The summed E-state index contributed by atoms with van der Waals surface area (Å²) in [6, 6.07) is 8.20. The minimum Gasteiger partial charge on any atom is -0.330 e. The Morgan fingerprint density at radius 2 is 2.19 bits per heavy atom. The standard InChI is InChI=1S/C17H22ClN3/c1-12-14-6-2-3-7-15(14)20-16(17(12)18)11-21-8-4-5-13(9-19)10-21/h2-3,6-7,13H,4-5,8-11,19H2,1H3. The van der Waals surface area contributed by atoms with E-state index in [9.17, 15) is 0 Å². The number of halogens is 1. The molecule has 2 heterocycles. The number of hydrogen-bond acceptors (Lipinski definition) is 3. The molecule has 1 fully saturated rings. The van der Waals surface area contributed by atoms with Gasteiger partial charge in [0, 0.05) is 18.5 Å². The van der Waals surface area contributed by atoms with Gasteiger partial charge < -0.3 is 5.73 Å². The first-order valence-corrected chi connectivity index (χ1v) is 8.03. The van der Waals surface area contributed by atoms with Gasteiger partial charge in [-0.15, -0.1) is 0 Å². The van der Waals surface area contributed by atoms with Crippen molar-refractivity contribution in [1.29, 1.82) is 0 Å². The third-order valence-corrected chi connectivity index (χ3v) is 4.96. The largest absolute Gasteiger partial charge is 0.330 e. The summed E-state index contributed by atoms with van der Waals surface area (Å²) in [4.78, 5) is 7.21. The maximum Gasteiger partial charge on any atom is 0.0740 e. The molecule has 2 N–H and O–H groups in total. The Hall–Kier alpha value is -1.16. The molecule has 1 aliphatic rings. The molecule has 1 saturated heterocycles. The van der Waals surface area contributed by atoms with Crippen molar-refractivity contribution in [3.05, 3.63) is 40.5 Å². The van der Waals surface area contributed by atoms with Crippen molar-refractivity contribution >= 4 is 22.5 Å². The van der Waals surface area contributed by atoms with E-state index in [0.29, 0.717) is 5.92 Å². The molecular formula is C17H22ClN3. The predicted molar refractivity (Wildman–Crippen MR) is 88.5 cm³/mol. The third kappa shape index (κ3) is 3.05. The average molecular weight is 304 g/mol. The summed E-state index contributed by atoms with van der Waals surface area (Å²) in [6.07, 6.45) is 2.46. The highest BCUT2D eigenvalue weighted by Gasteiger charge is 2.20. The van der Waals surface area contributed by atoms with Crippen LogP contribution in [0.4, 0.5) is 0 Å². The van der Waals surface area contributed by atoms with E-state index in [0.717, 1.165) is 53.4 Å². The molecule has 1 aromatic carbocycles.